The summed E-state index contributed by atoms with van der Waals surface area (Å²) in [6.07, 6.45) is 0. The third-order valence-electron chi connectivity index (χ3n) is 1.39. The van der Waals surface area contributed by atoms with E-state index in [4.69, 9.17) is 10.2 Å². The van der Waals surface area contributed by atoms with E-state index >= 15 is 0 Å². The molecule has 4 heteroatoms. The van der Waals surface area contributed by atoms with E-state index in [-0.39, 0.29) is 12.6 Å². The van der Waals surface area contributed by atoms with Gasteiger partial charge in [0, 0.05) is 1.43 Å². The molecule has 0 fully saturated rings. The molecule has 0 spiro atoms. The van der Waals surface area contributed by atoms with Gasteiger partial charge in [0.1, 0.15) is 0 Å². The van der Waals surface area contributed by atoms with Crippen molar-refractivity contribution in [3.05, 3.63) is 35.4 Å². The van der Waals surface area contributed by atoms with Crippen LogP contribution >= 0.6 is 0 Å². The number of hydrogen-bond acceptors (Lipinski definition) is 2. The van der Waals surface area contributed by atoms with E-state index in [0.717, 1.165) is 0 Å². The number of rotatable bonds is 2. The summed E-state index contributed by atoms with van der Waals surface area (Å²) in [7, 11) is 0. The van der Waals surface area contributed by atoms with Crippen molar-refractivity contribution in [2.75, 3.05) is 0 Å². The lowest BCUT2D eigenvalue weighted by Crippen LogP contribution is -2.06. The molecule has 4 nitrogen and oxygen atoms in total. The Bertz CT molecular complexity index is 302. The zero-order chi connectivity index (χ0) is 9.14. The first-order valence-corrected chi connectivity index (χ1v) is 3.18. The molecule has 2 N–H and O–H groups in total. The summed E-state index contributed by atoms with van der Waals surface area (Å²) in [5.41, 5.74) is -0.380. The minimum absolute atomic E-state index is 0. The lowest BCUT2D eigenvalue weighted by Gasteiger charge is -1.98. The highest BCUT2D eigenvalue weighted by Gasteiger charge is 2.13. The van der Waals surface area contributed by atoms with Crippen molar-refractivity contribution in [2.45, 2.75) is 0 Å². The number of carboxylic acid groups (broad SMARTS) is 2. The average molecular weight is 167 g/mol. The first-order chi connectivity index (χ1) is 5.63. The number of carbonyl (C=O) groups is 2. The van der Waals surface area contributed by atoms with Crippen LogP contribution in [-0.2, 0) is 0 Å². The van der Waals surface area contributed by atoms with Crippen LogP contribution in [0.2, 0.25) is 0 Å². The van der Waals surface area contributed by atoms with Gasteiger partial charge in [-0.3, -0.25) is 0 Å². The Balaban J connectivity index is 0.00000144. The van der Waals surface area contributed by atoms with Gasteiger partial charge in [-0.1, -0.05) is 12.1 Å². The smallest absolute Gasteiger partial charge is 0.336 e. The van der Waals surface area contributed by atoms with Gasteiger partial charge in [-0.05, 0) is 12.1 Å². The molecule has 0 heterocycles. The number of benzene rings is 1. The molecular formula is C8H7O4. The van der Waals surface area contributed by atoms with E-state index in [9.17, 15) is 9.59 Å². The maximum Gasteiger partial charge on any atom is 0.336 e. The van der Waals surface area contributed by atoms with Gasteiger partial charge in [-0.25, -0.2) is 9.59 Å². The maximum absolute atomic E-state index is 10.5. The predicted octanol–water partition coefficient (Wildman–Crippen LogP) is 1.20. The second-order valence-corrected chi connectivity index (χ2v) is 2.16. The van der Waals surface area contributed by atoms with E-state index in [1.54, 1.807) is 0 Å². The van der Waals surface area contributed by atoms with Crippen molar-refractivity contribution in [2.24, 2.45) is 0 Å². The third kappa shape index (κ3) is 1.42. The van der Waals surface area contributed by atoms with E-state index in [1.807, 2.05) is 0 Å². The molecule has 0 aliphatic rings. The second-order valence-electron chi connectivity index (χ2n) is 2.16. The van der Waals surface area contributed by atoms with E-state index in [0.29, 0.717) is 0 Å². The van der Waals surface area contributed by atoms with Crippen LogP contribution in [0.25, 0.3) is 0 Å². The highest BCUT2D eigenvalue weighted by Crippen LogP contribution is 2.07. The van der Waals surface area contributed by atoms with Crippen LogP contribution in [0, 0.1) is 0 Å². The summed E-state index contributed by atoms with van der Waals surface area (Å²) in [5.74, 6) is -2.46. The molecule has 0 amide bonds. The molecule has 0 unspecified atom stereocenters. The summed E-state index contributed by atoms with van der Waals surface area (Å²) < 4.78 is 0. The van der Waals surface area contributed by atoms with Gasteiger partial charge in [-0.15, -0.1) is 0 Å². The van der Waals surface area contributed by atoms with E-state index in [1.165, 1.54) is 24.3 Å². The van der Waals surface area contributed by atoms with Crippen LogP contribution in [0.5, 0.6) is 0 Å². The molecule has 1 aromatic rings. The van der Waals surface area contributed by atoms with Crippen LogP contribution in [-0.4, -0.2) is 22.2 Å². The number of carboxylic acids is 2. The summed E-state index contributed by atoms with van der Waals surface area (Å²) in [6.45, 7) is 0. The molecule has 1 radical (unpaired) electrons. The maximum atomic E-state index is 10.5. The lowest BCUT2D eigenvalue weighted by atomic mass is 10.1. The quantitative estimate of drug-likeness (QED) is 0.693. The molecule has 0 aliphatic heterocycles. The first-order valence-electron chi connectivity index (χ1n) is 3.18. The SMILES string of the molecule is O=C(O)c1ccccc1C(=O)O.[H]. The van der Waals surface area contributed by atoms with E-state index < -0.39 is 11.9 Å². The molecule has 0 saturated carbocycles. The van der Waals surface area contributed by atoms with Crippen LogP contribution in [0.15, 0.2) is 24.3 Å². The summed E-state index contributed by atoms with van der Waals surface area (Å²) in [4.78, 5) is 20.9. The molecule has 1 rings (SSSR count). The van der Waals surface area contributed by atoms with Crippen LogP contribution in [0.4, 0.5) is 0 Å². The molecular weight excluding hydrogens is 160 g/mol. The summed E-state index contributed by atoms with van der Waals surface area (Å²) >= 11 is 0. The van der Waals surface area contributed by atoms with Crippen molar-refractivity contribution < 1.29 is 21.2 Å². The van der Waals surface area contributed by atoms with Crippen molar-refractivity contribution in [3.63, 3.8) is 0 Å². The average Bonchev–Trinajstić information content (AvgIpc) is 2.04. The van der Waals surface area contributed by atoms with Gasteiger partial charge in [0.15, 0.2) is 0 Å². The topological polar surface area (TPSA) is 74.6 Å². The standard InChI is InChI=1S/C8H6O4.H/c9-7(10)5-3-1-2-4-6(5)8(11)12;/h1-4H,(H,9,10)(H,11,12);. The Hall–Kier alpha value is -1.84. The van der Waals surface area contributed by atoms with Gasteiger partial charge in [0.25, 0.3) is 0 Å². The van der Waals surface area contributed by atoms with Crippen molar-refractivity contribution in [3.8, 4) is 0 Å². The molecule has 0 aliphatic carbocycles. The van der Waals surface area contributed by atoms with Crippen molar-refractivity contribution in [1.82, 2.24) is 0 Å². The predicted molar refractivity (Wildman–Crippen MR) is 41.5 cm³/mol. The number of aromatic carboxylic acids is 2. The van der Waals surface area contributed by atoms with Gasteiger partial charge >= 0.3 is 11.9 Å². The molecule has 0 aromatic heterocycles. The van der Waals surface area contributed by atoms with E-state index in [2.05, 4.69) is 0 Å². The van der Waals surface area contributed by atoms with Crippen LogP contribution < -0.4 is 0 Å². The normalized spacial score (nSPS) is 9.33. The highest BCUT2D eigenvalue weighted by atomic mass is 16.4. The largest absolute Gasteiger partial charge is 0.478 e. The lowest BCUT2D eigenvalue weighted by molar-refractivity contribution is 0.0651. The zero-order valence-corrected chi connectivity index (χ0v) is 6.02. The third-order valence-corrected chi connectivity index (χ3v) is 1.39. The highest BCUT2D eigenvalue weighted by molar-refractivity contribution is 6.01. The minimum atomic E-state index is -1.23. The van der Waals surface area contributed by atoms with Gasteiger partial charge in [0.2, 0.25) is 0 Å². The Morgan fingerprint density at radius 2 is 1.33 bits per heavy atom. The fourth-order valence-corrected chi connectivity index (χ4v) is 0.856. The number of hydrogen-bond donors (Lipinski definition) is 2. The second kappa shape index (κ2) is 3.04. The minimum Gasteiger partial charge on any atom is -0.478 e. The van der Waals surface area contributed by atoms with Crippen LogP contribution in [0.1, 0.15) is 22.1 Å². The Labute approximate surface area is 69.6 Å². The summed E-state index contributed by atoms with van der Waals surface area (Å²) in [5, 5.41) is 17.1. The fraction of sp³-hybridized carbons (Fsp3) is 0. The van der Waals surface area contributed by atoms with Crippen molar-refractivity contribution >= 4 is 11.9 Å². The van der Waals surface area contributed by atoms with Crippen LogP contribution in [0.3, 0.4) is 0 Å². The Kier molecular flexibility index (Phi) is 2.09. The monoisotopic (exact) mass is 167 g/mol. The molecule has 12 heavy (non-hydrogen) atoms. The Morgan fingerprint density at radius 1 is 1.00 bits per heavy atom. The van der Waals surface area contributed by atoms with Gasteiger partial charge in [-0.2, -0.15) is 0 Å². The molecule has 1 aromatic carbocycles. The molecule has 0 saturated heterocycles. The van der Waals surface area contributed by atoms with Gasteiger partial charge in [0.05, 0.1) is 11.1 Å². The fourth-order valence-electron chi connectivity index (χ4n) is 0.856. The molecule has 0 atom stereocenters. The Morgan fingerprint density at radius 3 is 1.58 bits per heavy atom. The van der Waals surface area contributed by atoms with Gasteiger partial charge < -0.3 is 10.2 Å². The van der Waals surface area contributed by atoms with Crippen molar-refractivity contribution in [1.29, 1.82) is 0 Å². The summed E-state index contributed by atoms with van der Waals surface area (Å²) in [6, 6.07) is 5.48. The molecule has 63 valence electrons. The molecule has 0 bridgehead atoms. The zero-order valence-electron chi connectivity index (χ0n) is 7.02. The first kappa shape index (κ1) is 8.26.